The Morgan fingerprint density at radius 3 is 2.69 bits per heavy atom. The minimum absolute atomic E-state index is 0.00642. The number of fused-ring (bicyclic) bond motifs is 1. The van der Waals surface area contributed by atoms with Gasteiger partial charge in [-0.05, 0) is 50.0 Å². The highest BCUT2D eigenvalue weighted by Gasteiger charge is 2.46. The van der Waals surface area contributed by atoms with Crippen molar-refractivity contribution in [3.63, 3.8) is 0 Å². The van der Waals surface area contributed by atoms with Crippen LogP contribution in [0.25, 0.3) is 5.76 Å². The molecule has 1 N–H and O–H groups in total. The summed E-state index contributed by atoms with van der Waals surface area (Å²) in [5, 5.41) is 11.4. The highest BCUT2D eigenvalue weighted by atomic mass is 16.5. The zero-order chi connectivity index (χ0) is 25.3. The molecule has 2 aromatic rings. The number of anilines is 1. The lowest BCUT2D eigenvalue weighted by atomic mass is 9.94. The molecule has 4 rings (SSSR count). The van der Waals surface area contributed by atoms with E-state index in [1.54, 1.807) is 42.5 Å². The molecule has 9 heteroatoms. The van der Waals surface area contributed by atoms with E-state index in [2.05, 4.69) is 0 Å². The molecule has 0 bridgehead atoms. The summed E-state index contributed by atoms with van der Waals surface area (Å²) >= 11 is 0. The van der Waals surface area contributed by atoms with E-state index in [9.17, 15) is 19.5 Å². The van der Waals surface area contributed by atoms with Crippen LogP contribution in [-0.2, 0) is 14.4 Å². The minimum Gasteiger partial charge on any atom is -0.507 e. The Hall–Kier alpha value is -3.85. The number of carbonyl (C=O) groups excluding carboxylic acids is 3. The van der Waals surface area contributed by atoms with E-state index in [-0.39, 0.29) is 17.9 Å². The maximum atomic E-state index is 13.2. The Morgan fingerprint density at radius 1 is 1.20 bits per heavy atom. The largest absolute Gasteiger partial charge is 0.507 e. The summed E-state index contributed by atoms with van der Waals surface area (Å²) < 4.78 is 10.9. The smallest absolute Gasteiger partial charge is 0.308 e. The molecule has 0 radical (unpaired) electrons. The van der Waals surface area contributed by atoms with Crippen molar-refractivity contribution in [3.8, 4) is 11.5 Å². The fourth-order valence-corrected chi connectivity index (χ4v) is 4.33. The lowest BCUT2D eigenvalue weighted by molar-refractivity contribution is -0.140. The predicted molar refractivity (Wildman–Crippen MR) is 131 cm³/mol. The van der Waals surface area contributed by atoms with Crippen molar-refractivity contribution in [3.05, 3.63) is 59.2 Å². The molecule has 1 unspecified atom stereocenters. The first kappa shape index (κ1) is 24.3. The number of likely N-dealkylation sites (tertiary alicyclic amines) is 1. The number of amides is 1. The summed E-state index contributed by atoms with van der Waals surface area (Å²) in [6.45, 7) is 3.35. The zero-order valence-corrected chi connectivity index (χ0v) is 20.3. The van der Waals surface area contributed by atoms with Gasteiger partial charge in [0.2, 0.25) is 0 Å². The van der Waals surface area contributed by atoms with Gasteiger partial charge < -0.3 is 29.3 Å². The van der Waals surface area contributed by atoms with Crippen molar-refractivity contribution in [2.75, 3.05) is 52.3 Å². The van der Waals surface area contributed by atoms with Crippen molar-refractivity contribution in [1.29, 1.82) is 0 Å². The first-order chi connectivity index (χ1) is 16.7. The molecule has 1 atom stereocenters. The van der Waals surface area contributed by atoms with Crippen LogP contribution in [0.4, 0.5) is 5.69 Å². The Labute approximate surface area is 204 Å². The molecule has 0 aromatic heterocycles. The van der Waals surface area contributed by atoms with Crippen molar-refractivity contribution < 1.29 is 29.0 Å². The number of benzene rings is 2. The fraction of sp³-hybridized carbons (Fsp3) is 0.346. The molecule has 2 aliphatic rings. The molecule has 0 aliphatic carbocycles. The molecule has 1 saturated heterocycles. The van der Waals surface area contributed by atoms with Crippen LogP contribution in [0, 0.1) is 0 Å². The van der Waals surface area contributed by atoms with Crippen molar-refractivity contribution in [1.82, 2.24) is 9.80 Å². The predicted octanol–water partition coefficient (Wildman–Crippen LogP) is 2.42. The van der Waals surface area contributed by atoms with Crippen LogP contribution in [0.15, 0.2) is 48.0 Å². The Morgan fingerprint density at radius 2 is 1.97 bits per heavy atom. The lowest BCUT2D eigenvalue weighted by Gasteiger charge is -2.28. The van der Waals surface area contributed by atoms with Gasteiger partial charge in [0, 0.05) is 32.6 Å². The van der Waals surface area contributed by atoms with E-state index in [4.69, 9.17) is 9.47 Å². The molecule has 9 nitrogen and oxygen atoms in total. The lowest BCUT2D eigenvalue weighted by Crippen LogP contribution is -2.35. The van der Waals surface area contributed by atoms with Gasteiger partial charge in [-0.25, -0.2) is 0 Å². The number of nitrogens with zero attached hydrogens (tertiary/aromatic N) is 3. The summed E-state index contributed by atoms with van der Waals surface area (Å²) in [6, 6.07) is 11.0. The van der Waals surface area contributed by atoms with Gasteiger partial charge in [-0.15, -0.1) is 0 Å². The summed E-state index contributed by atoms with van der Waals surface area (Å²) in [7, 11) is 5.67. The number of ether oxygens (including phenoxy) is 2. The number of hydrogen-bond acceptors (Lipinski definition) is 8. The number of aliphatic hydroxyl groups excluding tert-OH is 1. The molecule has 1 fully saturated rings. The molecule has 2 aromatic carbocycles. The molecule has 1 amide bonds. The van der Waals surface area contributed by atoms with E-state index >= 15 is 0 Å². The highest BCUT2D eigenvalue weighted by Crippen LogP contribution is 2.41. The number of Topliss-reactive ketones (excluding diaryl/α,β-unsaturated/α-hetero) is 1. The summed E-state index contributed by atoms with van der Waals surface area (Å²) in [4.78, 5) is 43.2. The average molecular weight is 480 g/mol. The van der Waals surface area contributed by atoms with Crippen LogP contribution in [0.2, 0.25) is 0 Å². The fourth-order valence-electron chi connectivity index (χ4n) is 4.33. The first-order valence-corrected chi connectivity index (χ1v) is 11.4. The summed E-state index contributed by atoms with van der Waals surface area (Å²) in [5.41, 5.74) is 1.75. The number of aliphatic hydroxyl groups is 1. The second kappa shape index (κ2) is 9.79. The number of esters is 1. The van der Waals surface area contributed by atoms with Gasteiger partial charge in [0.1, 0.15) is 23.9 Å². The maximum absolute atomic E-state index is 13.2. The van der Waals surface area contributed by atoms with Crippen LogP contribution in [0.5, 0.6) is 11.5 Å². The van der Waals surface area contributed by atoms with Gasteiger partial charge in [-0.1, -0.05) is 12.1 Å². The molecule has 0 spiro atoms. The molecular formula is C26H29N3O6. The van der Waals surface area contributed by atoms with Gasteiger partial charge in [-0.2, -0.15) is 0 Å². The van der Waals surface area contributed by atoms with E-state index < -0.39 is 23.7 Å². The summed E-state index contributed by atoms with van der Waals surface area (Å²) in [5.74, 6) is -1.21. The van der Waals surface area contributed by atoms with Crippen molar-refractivity contribution in [2.24, 2.45) is 0 Å². The van der Waals surface area contributed by atoms with Crippen LogP contribution in [0.3, 0.4) is 0 Å². The van der Waals surface area contributed by atoms with Gasteiger partial charge in [0.15, 0.2) is 0 Å². The number of rotatable bonds is 6. The Kier molecular flexibility index (Phi) is 6.79. The van der Waals surface area contributed by atoms with E-state index in [1.165, 1.54) is 11.8 Å². The van der Waals surface area contributed by atoms with Crippen LogP contribution in [0.1, 0.15) is 24.1 Å². The van der Waals surface area contributed by atoms with Crippen LogP contribution < -0.4 is 14.4 Å². The standard InChI is InChI=1S/C26H29N3O6/c1-16(30)35-19-7-5-6-17(14-19)23-22(25(32)26(33)29(23)11-10-27(2)3)24(31)18-8-9-21-20(15-18)28(4)12-13-34-21/h5-9,14-15,23,31H,10-13H2,1-4H3/b24-22-. The van der Waals surface area contributed by atoms with Crippen LogP contribution >= 0.6 is 0 Å². The summed E-state index contributed by atoms with van der Waals surface area (Å²) in [6.07, 6.45) is 0. The monoisotopic (exact) mass is 479 g/mol. The molecule has 0 saturated carbocycles. The quantitative estimate of drug-likeness (QED) is 0.222. The second-order valence-corrected chi connectivity index (χ2v) is 8.91. The van der Waals surface area contributed by atoms with Gasteiger partial charge in [0.25, 0.3) is 11.7 Å². The number of likely N-dealkylation sites (N-methyl/N-ethyl adjacent to an activating group) is 2. The number of ketones is 1. The van der Waals surface area contributed by atoms with Gasteiger partial charge >= 0.3 is 5.97 Å². The normalized spacial score (nSPS) is 19.1. The third-order valence-corrected chi connectivity index (χ3v) is 6.09. The Balaban J connectivity index is 1.84. The van der Waals surface area contributed by atoms with Gasteiger partial charge in [-0.3, -0.25) is 14.4 Å². The topological polar surface area (TPSA) is 99.6 Å². The average Bonchev–Trinajstić information content (AvgIpc) is 3.07. The van der Waals surface area contributed by atoms with Crippen LogP contribution in [-0.4, -0.2) is 80.0 Å². The van der Waals surface area contributed by atoms with Crippen molar-refractivity contribution >= 4 is 29.1 Å². The third-order valence-electron chi connectivity index (χ3n) is 6.09. The highest BCUT2D eigenvalue weighted by molar-refractivity contribution is 6.46. The van der Waals surface area contributed by atoms with Gasteiger partial charge in [0.05, 0.1) is 23.8 Å². The molecule has 2 heterocycles. The first-order valence-electron chi connectivity index (χ1n) is 11.4. The SMILES string of the molecule is CC(=O)Oc1cccc(C2/C(=C(/O)c3ccc4c(c3)N(C)CCO4)C(=O)C(=O)N2CCN(C)C)c1. The molecule has 35 heavy (non-hydrogen) atoms. The third kappa shape index (κ3) is 4.85. The molecule has 184 valence electrons. The number of hydrogen-bond donors (Lipinski definition) is 1. The van der Waals surface area contributed by atoms with E-state index in [1.807, 2.05) is 30.9 Å². The van der Waals surface area contributed by atoms with Crippen molar-refractivity contribution in [2.45, 2.75) is 13.0 Å². The minimum atomic E-state index is -0.838. The zero-order valence-electron chi connectivity index (χ0n) is 20.3. The Bertz CT molecular complexity index is 1210. The molecular weight excluding hydrogens is 450 g/mol. The van der Waals surface area contributed by atoms with E-state index in [0.29, 0.717) is 42.3 Å². The number of carbonyl (C=O) groups is 3. The van der Waals surface area contributed by atoms with E-state index in [0.717, 1.165) is 5.69 Å². The second-order valence-electron chi connectivity index (χ2n) is 8.91. The maximum Gasteiger partial charge on any atom is 0.308 e. The molecule has 2 aliphatic heterocycles.